The Morgan fingerprint density at radius 1 is 1.15 bits per heavy atom. The molecular formula is C29H34N2O3. The zero-order valence-electron chi connectivity index (χ0n) is 20.1. The molecule has 1 saturated heterocycles. The number of nitrogens with zero attached hydrogens (tertiary/aromatic N) is 2. The van der Waals surface area contributed by atoms with Crippen LogP contribution >= 0.6 is 0 Å². The first-order valence-electron chi connectivity index (χ1n) is 12.1. The summed E-state index contributed by atoms with van der Waals surface area (Å²) in [7, 11) is 1.64. The van der Waals surface area contributed by atoms with Crippen molar-refractivity contribution in [1.82, 2.24) is 9.88 Å². The van der Waals surface area contributed by atoms with E-state index in [9.17, 15) is 10.2 Å². The zero-order chi connectivity index (χ0) is 23.9. The van der Waals surface area contributed by atoms with E-state index in [1.54, 1.807) is 13.3 Å². The van der Waals surface area contributed by atoms with Crippen molar-refractivity contribution in [2.45, 2.75) is 32.3 Å². The molecule has 5 nitrogen and oxygen atoms in total. The number of hydrogen-bond donors (Lipinski definition) is 2. The molecule has 4 rings (SSSR count). The van der Waals surface area contributed by atoms with E-state index in [2.05, 4.69) is 52.9 Å². The molecule has 0 aliphatic carbocycles. The van der Waals surface area contributed by atoms with Gasteiger partial charge >= 0.3 is 0 Å². The number of methoxy groups -OCH3 is 1. The van der Waals surface area contributed by atoms with Crippen molar-refractivity contribution in [3.8, 4) is 17.6 Å². The minimum absolute atomic E-state index is 0.165. The van der Waals surface area contributed by atoms with Crippen LogP contribution < -0.4 is 4.74 Å². The second-order valence-electron chi connectivity index (χ2n) is 9.27. The first-order valence-corrected chi connectivity index (χ1v) is 12.1. The third kappa shape index (κ3) is 5.95. The van der Waals surface area contributed by atoms with Gasteiger partial charge in [0, 0.05) is 30.3 Å². The molecule has 1 fully saturated rings. The van der Waals surface area contributed by atoms with Gasteiger partial charge in [0.25, 0.3) is 0 Å². The molecule has 0 unspecified atom stereocenters. The molecular weight excluding hydrogens is 424 g/mol. The molecule has 3 atom stereocenters. The van der Waals surface area contributed by atoms with Crippen LogP contribution in [0.3, 0.4) is 0 Å². The van der Waals surface area contributed by atoms with E-state index < -0.39 is 6.10 Å². The van der Waals surface area contributed by atoms with E-state index in [0.29, 0.717) is 18.9 Å². The SMILES string of the molecule is COc1ccc2nccc([C@@H](O)CC[C@@H]3CCN(CC#Cc4ccc(C)cc4)C[C@@H]3CO)c2c1. The summed E-state index contributed by atoms with van der Waals surface area (Å²) in [6.07, 6.45) is 3.72. The maximum Gasteiger partial charge on any atom is 0.119 e. The Kier molecular flexibility index (Phi) is 8.18. The van der Waals surface area contributed by atoms with Gasteiger partial charge in [0.05, 0.1) is 25.3 Å². The number of aromatic nitrogens is 1. The van der Waals surface area contributed by atoms with E-state index >= 15 is 0 Å². The summed E-state index contributed by atoms with van der Waals surface area (Å²) in [5, 5.41) is 22.0. The maximum atomic E-state index is 11.0. The highest BCUT2D eigenvalue weighted by Gasteiger charge is 2.29. The second-order valence-corrected chi connectivity index (χ2v) is 9.27. The summed E-state index contributed by atoms with van der Waals surface area (Å²) in [6, 6.07) is 15.9. The van der Waals surface area contributed by atoms with Gasteiger partial charge < -0.3 is 14.9 Å². The molecule has 0 radical (unpaired) electrons. The summed E-state index contributed by atoms with van der Waals surface area (Å²) in [4.78, 5) is 6.75. The zero-order valence-corrected chi connectivity index (χ0v) is 20.1. The van der Waals surface area contributed by atoms with Crippen molar-refractivity contribution in [3.05, 3.63) is 71.4 Å². The Balaban J connectivity index is 1.33. The number of ether oxygens (including phenoxy) is 1. The molecule has 178 valence electrons. The molecule has 1 aliphatic heterocycles. The number of fused-ring (bicyclic) bond motifs is 1. The van der Waals surface area contributed by atoms with Gasteiger partial charge in [-0.25, -0.2) is 0 Å². The van der Waals surface area contributed by atoms with Crippen LogP contribution in [0.5, 0.6) is 5.75 Å². The number of piperidine rings is 1. The minimum atomic E-state index is -0.574. The van der Waals surface area contributed by atoms with Crippen LogP contribution in [0.15, 0.2) is 54.7 Å². The van der Waals surface area contributed by atoms with Gasteiger partial charge in [0.15, 0.2) is 0 Å². The third-order valence-electron chi connectivity index (χ3n) is 6.95. The minimum Gasteiger partial charge on any atom is -0.497 e. The topological polar surface area (TPSA) is 65.8 Å². The number of aliphatic hydroxyl groups is 2. The van der Waals surface area contributed by atoms with Crippen molar-refractivity contribution in [2.24, 2.45) is 11.8 Å². The van der Waals surface area contributed by atoms with Gasteiger partial charge in [-0.1, -0.05) is 29.5 Å². The number of benzene rings is 2. The molecule has 0 spiro atoms. The van der Waals surface area contributed by atoms with E-state index in [4.69, 9.17) is 4.74 Å². The molecule has 2 heterocycles. The van der Waals surface area contributed by atoms with Gasteiger partial charge in [-0.3, -0.25) is 9.88 Å². The van der Waals surface area contributed by atoms with E-state index in [1.165, 1.54) is 5.56 Å². The lowest BCUT2D eigenvalue weighted by molar-refractivity contribution is 0.0640. The van der Waals surface area contributed by atoms with Crippen LogP contribution in [-0.2, 0) is 0 Å². The fourth-order valence-corrected chi connectivity index (χ4v) is 4.87. The molecule has 2 aromatic carbocycles. The molecule has 0 saturated carbocycles. The smallest absolute Gasteiger partial charge is 0.119 e. The number of rotatable bonds is 7. The normalized spacial score (nSPS) is 19.4. The molecule has 2 N–H and O–H groups in total. The molecule has 0 amide bonds. The first-order chi connectivity index (χ1) is 16.6. The number of aliphatic hydroxyl groups excluding tert-OH is 2. The predicted molar refractivity (Wildman–Crippen MR) is 136 cm³/mol. The van der Waals surface area contributed by atoms with Gasteiger partial charge in [0.1, 0.15) is 5.75 Å². The van der Waals surface area contributed by atoms with Crippen molar-refractivity contribution in [1.29, 1.82) is 0 Å². The standard InChI is InChI=1S/C29H34N2O3/c1-21-5-7-22(8-6-21)4-3-16-31-17-14-23(24(19-31)20-32)9-12-29(33)26-13-15-30-28-11-10-25(34-2)18-27(26)28/h5-8,10-11,13,15,18,23-24,29,32-33H,9,12,14,16-17,19-20H2,1-2H3/t23-,24-,29+/m1/s1. The average molecular weight is 459 g/mol. The lowest BCUT2D eigenvalue weighted by atomic mass is 9.81. The van der Waals surface area contributed by atoms with Crippen LogP contribution in [0.2, 0.25) is 0 Å². The summed E-state index contributed by atoms with van der Waals surface area (Å²) in [5.41, 5.74) is 4.01. The number of aryl methyl sites for hydroxylation is 1. The van der Waals surface area contributed by atoms with Crippen molar-refractivity contribution < 1.29 is 14.9 Å². The summed E-state index contributed by atoms with van der Waals surface area (Å²) in [6.45, 7) is 4.76. The number of hydrogen-bond acceptors (Lipinski definition) is 5. The van der Waals surface area contributed by atoms with Gasteiger partial charge in [-0.05, 0) is 86.5 Å². The largest absolute Gasteiger partial charge is 0.497 e. The van der Waals surface area contributed by atoms with Gasteiger partial charge in [-0.2, -0.15) is 0 Å². The van der Waals surface area contributed by atoms with E-state index in [0.717, 1.165) is 53.7 Å². The predicted octanol–water partition coefficient (Wildman–Crippen LogP) is 4.35. The molecule has 0 bridgehead atoms. The lowest BCUT2D eigenvalue weighted by Gasteiger charge is -2.37. The van der Waals surface area contributed by atoms with Crippen molar-refractivity contribution in [3.63, 3.8) is 0 Å². The Hall–Kier alpha value is -2.91. The molecule has 1 aliphatic rings. The maximum absolute atomic E-state index is 11.0. The first kappa shape index (κ1) is 24.2. The van der Waals surface area contributed by atoms with Crippen molar-refractivity contribution >= 4 is 10.9 Å². The fraction of sp³-hybridized carbons (Fsp3) is 0.414. The summed E-state index contributed by atoms with van der Waals surface area (Å²) < 4.78 is 5.36. The van der Waals surface area contributed by atoms with Crippen LogP contribution in [0.25, 0.3) is 10.9 Å². The molecule has 5 heteroatoms. The summed E-state index contributed by atoms with van der Waals surface area (Å²) in [5.74, 6) is 7.88. The van der Waals surface area contributed by atoms with Crippen LogP contribution in [0.4, 0.5) is 0 Å². The highest BCUT2D eigenvalue weighted by atomic mass is 16.5. The van der Waals surface area contributed by atoms with Crippen molar-refractivity contribution in [2.75, 3.05) is 33.4 Å². The molecule has 34 heavy (non-hydrogen) atoms. The Labute approximate surface area is 202 Å². The average Bonchev–Trinajstić information content (AvgIpc) is 2.88. The lowest BCUT2D eigenvalue weighted by Crippen LogP contribution is -2.42. The van der Waals surface area contributed by atoms with Crippen LogP contribution in [0, 0.1) is 30.6 Å². The third-order valence-corrected chi connectivity index (χ3v) is 6.95. The highest BCUT2D eigenvalue weighted by molar-refractivity contribution is 5.83. The highest BCUT2D eigenvalue weighted by Crippen LogP contribution is 2.33. The van der Waals surface area contributed by atoms with Gasteiger partial charge in [0.2, 0.25) is 0 Å². The van der Waals surface area contributed by atoms with Crippen LogP contribution in [-0.4, -0.2) is 53.4 Å². The Morgan fingerprint density at radius 2 is 1.97 bits per heavy atom. The van der Waals surface area contributed by atoms with E-state index in [1.807, 2.05) is 24.3 Å². The monoisotopic (exact) mass is 458 g/mol. The number of likely N-dealkylation sites (tertiary alicyclic amines) is 1. The number of pyridine rings is 1. The Morgan fingerprint density at radius 3 is 2.74 bits per heavy atom. The summed E-state index contributed by atoms with van der Waals surface area (Å²) >= 11 is 0. The van der Waals surface area contributed by atoms with Crippen LogP contribution in [0.1, 0.15) is 42.1 Å². The van der Waals surface area contributed by atoms with Gasteiger partial charge in [-0.15, -0.1) is 0 Å². The fourth-order valence-electron chi connectivity index (χ4n) is 4.87. The second kappa shape index (κ2) is 11.5. The van der Waals surface area contributed by atoms with E-state index in [-0.39, 0.29) is 12.5 Å². The molecule has 1 aromatic heterocycles. The quantitative estimate of drug-likeness (QED) is 0.516. The Bertz CT molecular complexity index is 1150. The molecule has 3 aromatic rings.